The minimum absolute atomic E-state index is 0.424. The fourth-order valence-electron chi connectivity index (χ4n) is 10.2. The van der Waals surface area contributed by atoms with Crippen LogP contribution in [0.1, 0.15) is 88.3 Å². The van der Waals surface area contributed by atoms with Crippen LogP contribution in [-0.4, -0.2) is 130 Å². The number of aldehydes is 1. The second-order valence-corrected chi connectivity index (χ2v) is 19.8. The summed E-state index contributed by atoms with van der Waals surface area (Å²) in [5, 5.41) is 18.2. The van der Waals surface area contributed by atoms with E-state index in [9.17, 15) is 4.79 Å². The van der Waals surface area contributed by atoms with Gasteiger partial charge in [-0.3, -0.25) is 19.9 Å². The molecule has 8 aromatic rings. The largest absolute Gasteiger partial charge is 0.494 e. The zero-order chi connectivity index (χ0) is 51.8. The van der Waals surface area contributed by atoms with Crippen LogP contribution in [0.25, 0.3) is 22.8 Å². The molecule has 7 aromatic heterocycles. The molecule has 0 aliphatic carbocycles. The van der Waals surface area contributed by atoms with Gasteiger partial charge in [0.15, 0.2) is 17.9 Å². The van der Waals surface area contributed by atoms with Crippen LogP contribution in [-0.2, 0) is 19.4 Å². The van der Waals surface area contributed by atoms with Crippen LogP contribution in [0.15, 0.2) is 104 Å². The van der Waals surface area contributed by atoms with Crippen LogP contribution < -0.4 is 24.6 Å². The van der Waals surface area contributed by atoms with Crippen molar-refractivity contribution in [1.29, 1.82) is 0 Å². The summed E-state index contributed by atoms with van der Waals surface area (Å²) in [6, 6.07) is 30.8. The number of nitrogens with one attached hydrogen (secondary N) is 3. The molecule has 1 aromatic carbocycles. The van der Waals surface area contributed by atoms with E-state index in [4.69, 9.17) is 24.4 Å². The lowest BCUT2D eigenvalue weighted by atomic mass is 9.86. The Morgan fingerprint density at radius 1 is 0.573 bits per heavy atom. The molecule has 0 saturated carbocycles. The summed E-state index contributed by atoms with van der Waals surface area (Å²) in [5.74, 6) is 5.13. The van der Waals surface area contributed by atoms with Crippen molar-refractivity contribution < 1.29 is 14.3 Å². The fraction of sp³-hybridized carbons (Fsp3) is 0.368. The van der Waals surface area contributed by atoms with Gasteiger partial charge in [-0.2, -0.15) is 10.2 Å². The van der Waals surface area contributed by atoms with E-state index in [1.54, 1.807) is 12.1 Å². The van der Waals surface area contributed by atoms with Crippen molar-refractivity contribution in [3.05, 3.63) is 160 Å². The van der Waals surface area contributed by atoms with Crippen molar-refractivity contribution in [1.82, 2.24) is 65.5 Å². The minimum Gasteiger partial charge on any atom is -0.494 e. The first-order chi connectivity index (χ1) is 36.5. The third kappa shape index (κ3) is 12.7. The molecule has 14 rings (SSSR count). The summed E-state index contributed by atoms with van der Waals surface area (Å²) >= 11 is 0. The van der Waals surface area contributed by atoms with Gasteiger partial charge in [-0.05, 0) is 133 Å². The lowest BCUT2D eigenvalue weighted by molar-refractivity contribution is -0.00868. The number of H-pyrrole nitrogens is 2. The molecule has 6 saturated heterocycles. The van der Waals surface area contributed by atoms with Gasteiger partial charge in [0.25, 0.3) is 0 Å². The molecule has 4 atom stereocenters. The van der Waals surface area contributed by atoms with E-state index < -0.39 is 0 Å². The topological polar surface area (TPSA) is 205 Å². The number of aromatic nitrogens is 11. The average Bonchev–Trinajstić information content (AvgIpc) is 4.04. The molecule has 4 unspecified atom stereocenters. The molecule has 18 nitrogen and oxygen atoms in total. The zero-order valence-electron chi connectivity index (χ0n) is 43.6. The Balaban J connectivity index is 0.000000147. The van der Waals surface area contributed by atoms with Gasteiger partial charge in [0.05, 0.1) is 42.2 Å². The van der Waals surface area contributed by atoms with Gasteiger partial charge in [-0.25, -0.2) is 34.9 Å². The monoisotopic (exact) mass is 1010 g/mol. The molecule has 6 aliphatic heterocycles. The van der Waals surface area contributed by atoms with Gasteiger partial charge in [-0.15, -0.1) is 0 Å². The highest BCUT2D eigenvalue weighted by atomic mass is 16.5. The van der Waals surface area contributed by atoms with E-state index in [0.717, 1.165) is 113 Å². The minimum atomic E-state index is 0.424. The van der Waals surface area contributed by atoms with Crippen molar-refractivity contribution in [2.24, 2.45) is 0 Å². The maximum atomic E-state index is 10.2. The Hall–Kier alpha value is -7.96. The highest BCUT2D eigenvalue weighted by molar-refractivity contribution is 5.71. The molecule has 4 bridgehead atoms. The second-order valence-electron chi connectivity index (χ2n) is 19.8. The first-order valence-electron chi connectivity index (χ1n) is 25.9. The highest BCUT2D eigenvalue weighted by Crippen LogP contribution is 2.36. The number of pyridine rings is 3. The average molecular weight is 1010 g/mol. The number of aromatic amines is 2. The summed E-state index contributed by atoms with van der Waals surface area (Å²) in [4.78, 5) is 49.7. The predicted octanol–water partition coefficient (Wildman–Crippen LogP) is 7.64. The number of benzene rings is 1. The molecular formula is C57H65N15O3. The number of piperidine rings is 2. The molecule has 18 heteroatoms. The summed E-state index contributed by atoms with van der Waals surface area (Å²) in [6.45, 7) is 18.3. The first-order valence-corrected chi connectivity index (χ1v) is 25.9. The predicted molar refractivity (Wildman–Crippen MR) is 288 cm³/mol. The Labute approximate surface area is 437 Å². The summed E-state index contributed by atoms with van der Waals surface area (Å²) in [6.07, 6.45) is 9.96. The number of carbonyl (C=O) groups is 1. The standard InChI is InChI=1S/C29H33N7O.C20H23N7.C8H9NO2/c1-4-37-27-8-5-21(6-9-27)16-36-25-14-26(36)18-35(17-25)28-10-7-22(15-30-28)29-31-19(2)11-23(32-29)13-24-12-20(3)33-34-24;1-12-5-15(7-16-6-13(2)25-26-16)24-20(22-12)14-3-4-19(21-9-14)27-10-17-8-18(11-27)23-17;1-2-11-8-4-3-7(6-10)9-5-8/h5-12,15,25-26H,4,13-14,16-18H2,1-3H3,(H,33,34);3-6,9,17-18,23H,7-8,10-11H2,1-2H3,(H,25,26);3-6H,2H2,1H3. The Kier molecular flexibility index (Phi) is 15.6. The zero-order valence-corrected chi connectivity index (χ0v) is 43.6. The van der Waals surface area contributed by atoms with Crippen molar-refractivity contribution in [2.75, 3.05) is 49.2 Å². The van der Waals surface area contributed by atoms with Crippen LogP contribution in [0, 0.1) is 27.7 Å². The number of anilines is 2. The first kappa shape index (κ1) is 50.6. The summed E-state index contributed by atoms with van der Waals surface area (Å²) < 4.78 is 10.7. The molecule has 3 N–H and O–H groups in total. The quantitative estimate of drug-likeness (QED) is 0.0844. The highest BCUT2D eigenvalue weighted by Gasteiger charge is 2.44. The smallest absolute Gasteiger partial charge is 0.168 e. The van der Waals surface area contributed by atoms with Crippen molar-refractivity contribution in [2.45, 2.75) is 97.9 Å². The third-order valence-corrected chi connectivity index (χ3v) is 13.8. The number of ether oxygens (including phenoxy) is 2. The molecule has 13 heterocycles. The lowest BCUT2D eigenvalue weighted by Crippen LogP contribution is -2.68. The summed E-state index contributed by atoms with van der Waals surface area (Å²) in [5.41, 5.74) is 11.6. The normalized spacial score (nSPS) is 18.4. The number of rotatable bonds is 15. The van der Waals surface area contributed by atoms with Crippen molar-refractivity contribution >= 4 is 17.9 Å². The van der Waals surface area contributed by atoms with E-state index in [1.165, 1.54) is 24.6 Å². The maximum absolute atomic E-state index is 10.2. The Bertz CT molecular complexity index is 3130. The molecule has 386 valence electrons. The molecule has 75 heavy (non-hydrogen) atoms. The number of carbonyl (C=O) groups excluding carboxylic acids is 1. The van der Waals surface area contributed by atoms with E-state index in [0.29, 0.717) is 73.8 Å². The Morgan fingerprint density at radius 2 is 1.09 bits per heavy atom. The van der Waals surface area contributed by atoms with E-state index >= 15 is 0 Å². The second kappa shape index (κ2) is 23.1. The number of fused-ring (bicyclic) bond motifs is 4. The van der Waals surface area contributed by atoms with Crippen LogP contribution in [0.5, 0.6) is 11.5 Å². The van der Waals surface area contributed by atoms with Crippen LogP contribution in [0.4, 0.5) is 11.6 Å². The number of aryl methyl sites for hydroxylation is 4. The van der Waals surface area contributed by atoms with E-state index in [2.05, 4.69) is 115 Å². The lowest BCUT2D eigenvalue weighted by Gasteiger charge is -2.56. The SMILES string of the molecule is CCOc1ccc(C=O)nc1.CCOc1ccc(CN2C3CC2CN(c2ccc(-c4nc(C)cc(Cc5cc(C)[nH]n5)n4)cn2)C3)cc1.Cc1cc(Cc2cc(C)[nH]n2)nc(-c2ccc(N3CC4CC(C3)N4)nc2)n1. The van der Waals surface area contributed by atoms with Gasteiger partial charge in [0, 0.05) is 116 Å². The third-order valence-electron chi connectivity index (χ3n) is 13.8. The number of hydrogen-bond donors (Lipinski definition) is 3. The van der Waals surface area contributed by atoms with Gasteiger partial charge in [0.1, 0.15) is 28.8 Å². The van der Waals surface area contributed by atoms with E-state index in [-0.39, 0.29) is 0 Å². The molecule has 6 aliphatic rings. The Morgan fingerprint density at radius 3 is 1.55 bits per heavy atom. The fourth-order valence-corrected chi connectivity index (χ4v) is 10.2. The molecule has 0 spiro atoms. The maximum Gasteiger partial charge on any atom is 0.168 e. The van der Waals surface area contributed by atoms with Gasteiger partial charge in [-0.1, -0.05) is 12.1 Å². The number of hydrogen-bond acceptors (Lipinski definition) is 16. The van der Waals surface area contributed by atoms with Crippen molar-refractivity contribution in [3.8, 4) is 34.3 Å². The molecular weight excluding hydrogens is 943 g/mol. The summed E-state index contributed by atoms with van der Waals surface area (Å²) in [7, 11) is 0. The number of nitrogens with zero attached hydrogens (tertiary/aromatic N) is 12. The molecule has 0 radical (unpaired) electrons. The van der Waals surface area contributed by atoms with Crippen LogP contribution in [0.3, 0.4) is 0 Å². The van der Waals surface area contributed by atoms with Gasteiger partial charge < -0.3 is 24.6 Å². The number of piperazine rings is 2. The molecule has 6 fully saturated rings. The van der Waals surface area contributed by atoms with Gasteiger partial charge in [0.2, 0.25) is 0 Å². The van der Waals surface area contributed by atoms with Crippen LogP contribution >= 0.6 is 0 Å². The van der Waals surface area contributed by atoms with E-state index in [1.807, 2.05) is 72.1 Å². The van der Waals surface area contributed by atoms with Crippen LogP contribution in [0.2, 0.25) is 0 Å². The van der Waals surface area contributed by atoms with Gasteiger partial charge >= 0.3 is 0 Å². The molecule has 0 amide bonds. The van der Waals surface area contributed by atoms with Crippen molar-refractivity contribution in [3.63, 3.8) is 0 Å².